The normalized spacial score (nSPS) is 12.8. The summed E-state index contributed by atoms with van der Waals surface area (Å²) in [6.45, 7) is 5.81. The maximum absolute atomic E-state index is 10.6. The van der Waals surface area contributed by atoms with Crippen molar-refractivity contribution in [2.75, 3.05) is 39.3 Å². The van der Waals surface area contributed by atoms with E-state index in [2.05, 4.69) is 9.98 Å². The number of carboxylic acids is 2. The molecule has 0 aromatic rings. The van der Waals surface area contributed by atoms with Gasteiger partial charge in [0.25, 0.3) is 0 Å². The Labute approximate surface area is 118 Å². The smallest absolute Gasteiger partial charge is 0.349 e. The van der Waals surface area contributed by atoms with Gasteiger partial charge in [0.1, 0.15) is 11.4 Å². The van der Waals surface area contributed by atoms with Crippen molar-refractivity contribution in [2.45, 2.75) is 13.8 Å². The van der Waals surface area contributed by atoms with Crippen LogP contribution in [0.2, 0.25) is 0 Å². The van der Waals surface area contributed by atoms with E-state index >= 15 is 0 Å². The van der Waals surface area contributed by atoms with Gasteiger partial charge in [-0.05, 0) is 13.8 Å². The van der Waals surface area contributed by atoms with Crippen LogP contribution >= 0.6 is 0 Å². The number of nitrogens with two attached hydrogens (primary N) is 1. The Morgan fingerprint density at radius 3 is 1.65 bits per heavy atom. The fourth-order valence-corrected chi connectivity index (χ4v) is 1.37. The largest absolute Gasteiger partial charge is 0.477 e. The predicted molar refractivity (Wildman–Crippen MR) is 76.7 cm³/mol. The zero-order valence-electron chi connectivity index (χ0n) is 11.9. The lowest BCUT2D eigenvalue weighted by Gasteiger charge is -2.19. The number of carboxylic acid groups (broad SMARTS) is 2. The molecular formula is C12H22N4O4. The van der Waals surface area contributed by atoms with E-state index in [1.54, 1.807) is 0 Å². The van der Waals surface area contributed by atoms with Gasteiger partial charge in [0, 0.05) is 26.2 Å². The first-order valence-corrected chi connectivity index (χ1v) is 6.29. The molecule has 4 N–H and O–H groups in total. The third kappa shape index (κ3) is 8.33. The molecule has 0 aliphatic carbocycles. The van der Waals surface area contributed by atoms with Gasteiger partial charge in [0.15, 0.2) is 0 Å². The fourth-order valence-electron chi connectivity index (χ4n) is 1.37. The standard InChI is InChI=1S/C12H22N4O4/c1-9(11(17)18)14-4-7-16(6-3-13)8-5-15-10(2)12(19)20/h3-8,13H2,1-2H3,(H,17,18)(H,19,20). The summed E-state index contributed by atoms with van der Waals surface area (Å²) in [4.78, 5) is 31.0. The molecule has 0 rings (SSSR count). The average molecular weight is 286 g/mol. The molecule has 0 aliphatic rings. The molecule has 0 fully saturated rings. The summed E-state index contributed by atoms with van der Waals surface area (Å²) in [5, 5.41) is 17.3. The molecule has 0 amide bonds. The van der Waals surface area contributed by atoms with Crippen LogP contribution in [0.3, 0.4) is 0 Å². The van der Waals surface area contributed by atoms with E-state index in [1.807, 2.05) is 4.90 Å². The van der Waals surface area contributed by atoms with Crippen LogP contribution in [0.4, 0.5) is 0 Å². The molecule has 0 aromatic heterocycles. The molecule has 114 valence electrons. The van der Waals surface area contributed by atoms with Crippen LogP contribution < -0.4 is 5.73 Å². The molecule has 0 bridgehead atoms. The topological polar surface area (TPSA) is 129 Å². The number of carbonyl (C=O) groups is 2. The van der Waals surface area contributed by atoms with Crippen molar-refractivity contribution in [1.29, 1.82) is 0 Å². The van der Waals surface area contributed by atoms with Gasteiger partial charge >= 0.3 is 11.9 Å². The lowest BCUT2D eigenvalue weighted by atomic mass is 10.4. The monoisotopic (exact) mass is 286 g/mol. The Morgan fingerprint density at radius 2 is 1.35 bits per heavy atom. The summed E-state index contributed by atoms with van der Waals surface area (Å²) in [5.74, 6) is -2.06. The quantitative estimate of drug-likeness (QED) is 0.457. The molecule has 0 spiro atoms. The van der Waals surface area contributed by atoms with Gasteiger partial charge in [-0.15, -0.1) is 0 Å². The first-order chi connectivity index (χ1) is 9.38. The fraction of sp³-hybridized carbons (Fsp3) is 0.667. The summed E-state index contributed by atoms with van der Waals surface area (Å²) < 4.78 is 0. The third-order valence-electron chi connectivity index (χ3n) is 2.59. The Kier molecular flexibility index (Phi) is 9.14. The number of aliphatic imine (C=N–C) groups is 2. The highest BCUT2D eigenvalue weighted by Crippen LogP contribution is 1.90. The molecule has 0 aromatic carbocycles. The Morgan fingerprint density at radius 1 is 0.950 bits per heavy atom. The third-order valence-corrected chi connectivity index (χ3v) is 2.59. The molecule has 0 unspecified atom stereocenters. The van der Waals surface area contributed by atoms with Crippen molar-refractivity contribution in [3.8, 4) is 0 Å². The highest BCUT2D eigenvalue weighted by molar-refractivity contribution is 6.34. The second kappa shape index (κ2) is 10.0. The van der Waals surface area contributed by atoms with Crippen LogP contribution in [0.5, 0.6) is 0 Å². The van der Waals surface area contributed by atoms with Crippen LogP contribution in [0.15, 0.2) is 9.98 Å². The van der Waals surface area contributed by atoms with Gasteiger partial charge in [0.2, 0.25) is 0 Å². The first kappa shape index (κ1) is 18.2. The maximum Gasteiger partial charge on any atom is 0.349 e. The lowest BCUT2D eigenvalue weighted by Crippen LogP contribution is -2.34. The molecular weight excluding hydrogens is 264 g/mol. The zero-order chi connectivity index (χ0) is 15.5. The molecule has 0 aliphatic heterocycles. The SMILES string of the molecule is CC(=NCCN(CCN)CCN=C(C)C(=O)O)C(=O)O. The Bertz CT molecular complexity index is 359. The number of hydrogen-bond acceptors (Lipinski definition) is 6. The Hall–Kier alpha value is -1.80. The molecule has 0 saturated heterocycles. The molecule has 0 radical (unpaired) electrons. The number of hydrogen-bond donors (Lipinski definition) is 3. The van der Waals surface area contributed by atoms with Crippen molar-refractivity contribution < 1.29 is 19.8 Å². The van der Waals surface area contributed by atoms with Gasteiger partial charge in [-0.2, -0.15) is 0 Å². The summed E-state index contributed by atoms with van der Waals surface area (Å²) in [6.07, 6.45) is 0. The van der Waals surface area contributed by atoms with Gasteiger partial charge in [-0.25, -0.2) is 9.59 Å². The molecule has 8 heteroatoms. The minimum atomic E-state index is -1.03. The second-order valence-electron chi connectivity index (χ2n) is 4.17. The van der Waals surface area contributed by atoms with Crippen LogP contribution in [-0.2, 0) is 9.59 Å². The van der Waals surface area contributed by atoms with Gasteiger partial charge in [-0.1, -0.05) is 0 Å². The van der Waals surface area contributed by atoms with Gasteiger partial charge in [0.05, 0.1) is 13.1 Å². The van der Waals surface area contributed by atoms with Crippen molar-refractivity contribution in [2.24, 2.45) is 15.7 Å². The van der Waals surface area contributed by atoms with Gasteiger partial charge in [-0.3, -0.25) is 14.9 Å². The number of rotatable bonds is 10. The first-order valence-electron chi connectivity index (χ1n) is 6.29. The van der Waals surface area contributed by atoms with E-state index in [-0.39, 0.29) is 11.4 Å². The van der Waals surface area contributed by atoms with Crippen LogP contribution in [-0.4, -0.2) is 77.7 Å². The van der Waals surface area contributed by atoms with E-state index in [1.165, 1.54) is 13.8 Å². The minimum absolute atomic E-state index is 0.0671. The molecule has 0 saturated carbocycles. The van der Waals surface area contributed by atoms with E-state index < -0.39 is 11.9 Å². The second-order valence-corrected chi connectivity index (χ2v) is 4.17. The van der Waals surface area contributed by atoms with E-state index in [4.69, 9.17) is 15.9 Å². The number of nitrogens with zero attached hydrogens (tertiary/aromatic N) is 3. The molecule has 0 atom stereocenters. The number of aliphatic carboxylic acids is 2. The Balaban J connectivity index is 4.24. The van der Waals surface area contributed by atoms with Gasteiger partial charge < -0.3 is 15.9 Å². The molecule has 20 heavy (non-hydrogen) atoms. The van der Waals surface area contributed by atoms with Crippen LogP contribution in [0.25, 0.3) is 0 Å². The predicted octanol–water partition coefficient (Wildman–Crippen LogP) is -0.662. The lowest BCUT2D eigenvalue weighted by molar-refractivity contribution is -0.130. The average Bonchev–Trinajstić information content (AvgIpc) is 2.37. The van der Waals surface area contributed by atoms with E-state index in [0.717, 1.165) is 0 Å². The highest BCUT2D eigenvalue weighted by atomic mass is 16.4. The maximum atomic E-state index is 10.6. The van der Waals surface area contributed by atoms with E-state index in [9.17, 15) is 9.59 Å². The summed E-state index contributed by atoms with van der Waals surface area (Å²) >= 11 is 0. The summed E-state index contributed by atoms with van der Waals surface area (Å²) in [6, 6.07) is 0. The van der Waals surface area contributed by atoms with E-state index in [0.29, 0.717) is 39.3 Å². The minimum Gasteiger partial charge on any atom is -0.477 e. The molecule has 8 nitrogen and oxygen atoms in total. The zero-order valence-corrected chi connectivity index (χ0v) is 11.9. The van der Waals surface area contributed by atoms with Crippen molar-refractivity contribution >= 4 is 23.4 Å². The van der Waals surface area contributed by atoms with Crippen LogP contribution in [0, 0.1) is 0 Å². The highest BCUT2D eigenvalue weighted by Gasteiger charge is 2.06. The van der Waals surface area contributed by atoms with Crippen LogP contribution in [0.1, 0.15) is 13.8 Å². The van der Waals surface area contributed by atoms with Crippen molar-refractivity contribution in [3.05, 3.63) is 0 Å². The molecule has 0 heterocycles. The van der Waals surface area contributed by atoms with Crippen molar-refractivity contribution in [3.63, 3.8) is 0 Å². The summed E-state index contributed by atoms with van der Waals surface area (Å²) in [5.41, 5.74) is 5.62. The van der Waals surface area contributed by atoms with Crippen molar-refractivity contribution in [1.82, 2.24) is 4.90 Å². The summed E-state index contributed by atoms with van der Waals surface area (Å²) in [7, 11) is 0.